The summed E-state index contributed by atoms with van der Waals surface area (Å²) in [5.41, 5.74) is 0. The second-order valence-corrected chi connectivity index (χ2v) is 4.57. The maximum atomic E-state index is 11.2. The van der Waals surface area contributed by atoms with Gasteiger partial charge < -0.3 is 5.11 Å². The van der Waals surface area contributed by atoms with E-state index < -0.39 is 11.0 Å². The Balaban J connectivity index is 2.57. The van der Waals surface area contributed by atoms with E-state index in [9.17, 15) is 4.21 Å². The molecular weight excluding hydrogens is 174 g/mol. The van der Waals surface area contributed by atoms with E-state index in [1.54, 1.807) is 6.26 Å². The fraction of sp³-hybridized carbons (Fsp3) is 1.00. The molecule has 1 heterocycles. The molecule has 2 atom stereocenters. The molecule has 72 valence electrons. The highest BCUT2D eigenvalue weighted by atomic mass is 32.2. The van der Waals surface area contributed by atoms with Crippen molar-refractivity contribution in [3.63, 3.8) is 0 Å². The molecule has 0 spiro atoms. The smallest absolute Gasteiger partial charge is 0.0914 e. The summed E-state index contributed by atoms with van der Waals surface area (Å²) in [5, 5.41) is 9.06. The third kappa shape index (κ3) is 2.54. The lowest BCUT2D eigenvalue weighted by molar-refractivity contribution is 0.191. The lowest BCUT2D eigenvalue weighted by atomic mass is 10.1. The van der Waals surface area contributed by atoms with Gasteiger partial charge in [-0.25, -0.2) is 8.51 Å². The van der Waals surface area contributed by atoms with Crippen LogP contribution >= 0.6 is 0 Å². The quantitative estimate of drug-likeness (QED) is 0.691. The number of nitrogens with zero attached hydrogens (tertiary/aromatic N) is 1. The third-order valence-electron chi connectivity index (χ3n) is 2.36. The van der Waals surface area contributed by atoms with Gasteiger partial charge in [-0.1, -0.05) is 12.8 Å². The lowest BCUT2D eigenvalue weighted by Crippen LogP contribution is -2.38. The van der Waals surface area contributed by atoms with Crippen LogP contribution in [0.15, 0.2) is 0 Å². The first-order chi connectivity index (χ1) is 5.75. The summed E-state index contributed by atoms with van der Waals surface area (Å²) in [6.07, 6.45) is 6.13. The molecule has 0 amide bonds. The summed E-state index contributed by atoms with van der Waals surface area (Å²) in [5.74, 6) is 0. The van der Waals surface area contributed by atoms with Gasteiger partial charge in [-0.2, -0.15) is 0 Å². The largest absolute Gasteiger partial charge is 0.395 e. The van der Waals surface area contributed by atoms with Crippen molar-refractivity contribution in [2.45, 2.75) is 31.7 Å². The van der Waals surface area contributed by atoms with Gasteiger partial charge in [0.1, 0.15) is 0 Å². The summed E-state index contributed by atoms with van der Waals surface area (Å²) in [4.78, 5) is 0. The number of rotatable bonds is 2. The Bertz CT molecular complexity index is 163. The lowest BCUT2D eigenvalue weighted by Gasteiger charge is -2.24. The Kier molecular flexibility index (Phi) is 4.18. The van der Waals surface area contributed by atoms with Crippen molar-refractivity contribution in [1.29, 1.82) is 0 Å². The molecule has 1 N–H and O–H groups in total. The molecule has 0 saturated carbocycles. The third-order valence-corrected chi connectivity index (χ3v) is 3.51. The molecule has 1 rings (SSSR count). The Morgan fingerprint density at radius 1 is 1.50 bits per heavy atom. The highest BCUT2D eigenvalue weighted by Gasteiger charge is 2.22. The van der Waals surface area contributed by atoms with Crippen LogP contribution in [0.25, 0.3) is 0 Å². The zero-order valence-corrected chi connectivity index (χ0v) is 8.35. The number of hydrogen-bond donors (Lipinski definition) is 1. The van der Waals surface area contributed by atoms with Gasteiger partial charge in [0.15, 0.2) is 0 Å². The minimum Gasteiger partial charge on any atom is -0.395 e. The van der Waals surface area contributed by atoms with Gasteiger partial charge in [0.25, 0.3) is 0 Å². The Hall–Kier alpha value is 0.0700. The zero-order chi connectivity index (χ0) is 8.97. The van der Waals surface area contributed by atoms with Crippen molar-refractivity contribution in [1.82, 2.24) is 4.31 Å². The van der Waals surface area contributed by atoms with Crippen LogP contribution in [0.1, 0.15) is 25.7 Å². The second-order valence-electron chi connectivity index (χ2n) is 3.25. The van der Waals surface area contributed by atoms with Crippen molar-refractivity contribution >= 4 is 11.0 Å². The first-order valence-electron chi connectivity index (χ1n) is 4.46. The van der Waals surface area contributed by atoms with Crippen LogP contribution in [0.5, 0.6) is 0 Å². The molecule has 0 aliphatic carbocycles. The molecular formula is C8H17NO2S. The van der Waals surface area contributed by atoms with Gasteiger partial charge in [-0.05, 0) is 12.8 Å². The Labute approximate surface area is 76.4 Å². The van der Waals surface area contributed by atoms with Crippen LogP contribution in [0.4, 0.5) is 0 Å². The molecule has 12 heavy (non-hydrogen) atoms. The monoisotopic (exact) mass is 191 g/mol. The van der Waals surface area contributed by atoms with E-state index in [1.807, 2.05) is 4.31 Å². The van der Waals surface area contributed by atoms with Gasteiger partial charge in [-0.3, -0.25) is 0 Å². The topological polar surface area (TPSA) is 40.5 Å². The van der Waals surface area contributed by atoms with Crippen molar-refractivity contribution < 1.29 is 9.32 Å². The maximum Gasteiger partial charge on any atom is 0.0914 e. The van der Waals surface area contributed by atoms with E-state index in [0.29, 0.717) is 0 Å². The van der Waals surface area contributed by atoms with Gasteiger partial charge in [0, 0.05) is 18.8 Å². The highest BCUT2D eigenvalue weighted by Crippen LogP contribution is 2.17. The molecule has 1 aliphatic heterocycles. The SMILES string of the molecule is CS(=O)N1CCCCCC1CO. The molecule has 4 heteroatoms. The van der Waals surface area contributed by atoms with E-state index >= 15 is 0 Å². The summed E-state index contributed by atoms with van der Waals surface area (Å²) in [7, 11) is -0.920. The second kappa shape index (κ2) is 4.94. The fourth-order valence-electron chi connectivity index (χ4n) is 1.67. The summed E-state index contributed by atoms with van der Waals surface area (Å²) < 4.78 is 13.2. The van der Waals surface area contributed by atoms with Gasteiger partial charge in [-0.15, -0.1) is 0 Å². The molecule has 0 aromatic rings. The van der Waals surface area contributed by atoms with Crippen molar-refractivity contribution in [3.8, 4) is 0 Å². The Morgan fingerprint density at radius 2 is 2.25 bits per heavy atom. The molecule has 0 bridgehead atoms. The number of hydrogen-bond acceptors (Lipinski definition) is 2. The first-order valence-corrected chi connectivity index (χ1v) is 5.98. The molecule has 0 aromatic carbocycles. The van der Waals surface area contributed by atoms with Gasteiger partial charge in [0.05, 0.1) is 17.6 Å². The van der Waals surface area contributed by atoms with E-state index in [2.05, 4.69) is 0 Å². The average molecular weight is 191 g/mol. The molecule has 3 nitrogen and oxygen atoms in total. The predicted octanol–water partition coefficient (Wildman–Crippen LogP) is 0.517. The first kappa shape index (κ1) is 10.2. The average Bonchev–Trinajstić information content (AvgIpc) is 2.27. The van der Waals surface area contributed by atoms with Crippen LogP contribution < -0.4 is 0 Å². The van der Waals surface area contributed by atoms with Crippen molar-refractivity contribution in [3.05, 3.63) is 0 Å². The summed E-state index contributed by atoms with van der Waals surface area (Å²) in [6.45, 7) is 1.01. The normalized spacial score (nSPS) is 29.7. The Morgan fingerprint density at radius 3 is 2.83 bits per heavy atom. The van der Waals surface area contributed by atoms with Crippen LogP contribution in [0.2, 0.25) is 0 Å². The zero-order valence-electron chi connectivity index (χ0n) is 7.53. The van der Waals surface area contributed by atoms with Crippen molar-refractivity contribution in [2.24, 2.45) is 0 Å². The molecule has 1 saturated heterocycles. The van der Waals surface area contributed by atoms with Gasteiger partial charge >= 0.3 is 0 Å². The van der Waals surface area contributed by atoms with Crippen LogP contribution in [-0.4, -0.2) is 39.1 Å². The predicted molar refractivity (Wildman–Crippen MR) is 50.1 cm³/mol. The van der Waals surface area contributed by atoms with E-state index in [4.69, 9.17) is 5.11 Å². The molecule has 0 radical (unpaired) electrons. The minimum absolute atomic E-state index is 0.123. The fourth-order valence-corrected chi connectivity index (χ4v) is 2.65. The van der Waals surface area contributed by atoms with Crippen LogP contribution in [-0.2, 0) is 11.0 Å². The van der Waals surface area contributed by atoms with Crippen LogP contribution in [0, 0.1) is 0 Å². The highest BCUT2D eigenvalue weighted by molar-refractivity contribution is 7.81. The molecule has 0 aromatic heterocycles. The van der Waals surface area contributed by atoms with E-state index in [-0.39, 0.29) is 12.6 Å². The molecule has 1 fully saturated rings. The number of aliphatic hydroxyl groups excluding tert-OH is 1. The molecule has 1 aliphatic rings. The van der Waals surface area contributed by atoms with E-state index in [1.165, 1.54) is 6.42 Å². The van der Waals surface area contributed by atoms with Crippen molar-refractivity contribution in [2.75, 3.05) is 19.4 Å². The maximum absolute atomic E-state index is 11.2. The number of aliphatic hydroxyl groups is 1. The summed E-state index contributed by atoms with van der Waals surface area (Å²) >= 11 is 0. The summed E-state index contributed by atoms with van der Waals surface area (Å²) in [6, 6.07) is 0.123. The van der Waals surface area contributed by atoms with Gasteiger partial charge in [0.2, 0.25) is 0 Å². The molecule has 2 unspecified atom stereocenters. The minimum atomic E-state index is -0.920. The van der Waals surface area contributed by atoms with Crippen LogP contribution in [0.3, 0.4) is 0 Å². The van der Waals surface area contributed by atoms with E-state index in [0.717, 1.165) is 25.8 Å². The standard InChI is InChI=1S/C8H17NO2S/c1-12(11)9-6-4-2-3-5-8(9)7-10/h8,10H,2-7H2,1H3.